The van der Waals surface area contributed by atoms with E-state index in [1.165, 1.54) is 0 Å². The van der Waals surface area contributed by atoms with E-state index in [0.717, 1.165) is 10.0 Å². The molecule has 0 unspecified atom stereocenters. The van der Waals surface area contributed by atoms with Gasteiger partial charge in [-0.1, -0.05) is 28.1 Å². The van der Waals surface area contributed by atoms with Gasteiger partial charge in [0.2, 0.25) is 0 Å². The molecule has 0 aliphatic carbocycles. The molecule has 11 heavy (non-hydrogen) atoms. The van der Waals surface area contributed by atoms with E-state index in [9.17, 15) is 0 Å². The second-order valence-corrected chi connectivity index (χ2v) is 3.32. The molecule has 1 nitrogen and oxygen atoms in total. The molecule has 0 amide bonds. The van der Waals surface area contributed by atoms with Gasteiger partial charge in [-0.25, -0.2) is 0 Å². The van der Waals surface area contributed by atoms with Crippen LogP contribution in [0.5, 0.6) is 0 Å². The number of nitrogens with zero attached hydrogens (tertiary/aromatic N) is 1. The van der Waals surface area contributed by atoms with Gasteiger partial charge in [-0.3, -0.25) is 0 Å². The predicted octanol–water partition coefficient (Wildman–Crippen LogP) is 3.08. The van der Waals surface area contributed by atoms with Crippen molar-refractivity contribution in [2.45, 2.75) is 12.8 Å². The Morgan fingerprint density at radius 1 is 1.55 bits per heavy atom. The van der Waals surface area contributed by atoms with Gasteiger partial charge in [-0.2, -0.15) is 5.26 Å². The second kappa shape index (κ2) is 3.54. The van der Waals surface area contributed by atoms with Gasteiger partial charge in [0.15, 0.2) is 0 Å². The molecule has 0 aliphatic heterocycles. The normalized spacial score (nSPS) is 12.1. The van der Waals surface area contributed by atoms with Gasteiger partial charge in [0, 0.05) is 4.47 Å². The van der Waals surface area contributed by atoms with Crippen LogP contribution in [0, 0.1) is 11.3 Å². The maximum Gasteiger partial charge on any atom is 0.0700 e. The Morgan fingerprint density at radius 2 is 2.27 bits per heavy atom. The summed E-state index contributed by atoms with van der Waals surface area (Å²) in [4.78, 5) is 0. The molecule has 1 aromatic carbocycles. The van der Waals surface area contributed by atoms with Crippen molar-refractivity contribution in [3.05, 3.63) is 34.3 Å². The van der Waals surface area contributed by atoms with Crippen LogP contribution in [-0.4, -0.2) is 0 Å². The molecule has 56 valence electrons. The highest BCUT2D eigenvalue weighted by atomic mass is 79.9. The van der Waals surface area contributed by atoms with Crippen LogP contribution in [0.25, 0.3) is 0 Å². The minimum atomic E-state index is -0.0208. The lowest BCUT2D eigenvalue weighted by Gasteiger charge is -2.01. The fourth-order valence-corrected chi connectivity index (χ4v) is 1.27. The van der Waals surface area contributed by atoms with Crippen LogP contribution in [0.15, 0.2) is 28.7 Å². The van der Waals surface area contributed by atoms with Crippen molar-refractivity contribution < 1.29 is 0 Å². The first-order valence-electron chi connectivity index (χ1n) is 3.39. The molecular weight excluding hydrogens is 202 g/mol. The van der Waals surface area contributed by atoms with Crippen LogP contribution in [-0.2, 0) is 0 Å². The zero-order valence-electron chi connectivity index (χ0n) is 6.21. The lowest BCUT2D eigenvalue weighted by Crippen LogP contribution is -1.87. The summed E-state index contributed by atoms with van der Waals surface area (Å²) in [5.41, 5.74) is 1.06. The minimum absolute atomic E-state index is 0.0208. The molecule has 0 bridgehead atoms. The quantitative estimate of drug-likeness (QED) is 0.698. The molecule has 0 saturated carbocycles. The third kappa shape index (κ3) is 2.06. The van der Waals surface area contributed by atoms with Gasteiger partial charge in [0.1, 0.15) is 0 Å². The van der Waals surface area contributed by atoms with Crippen molar-refractivity contribution in [1.29, 1.82) is 5.26 Å². The Bertz CT molecular complexity index is 288. The molecular formula is C9H8BrN. The Hall–Kier alpha value is -0.810. The van der Waals surface area contributed by atoms with Gasteiger partial charge < -0.3 is 0 Å². The summed E-state index contributed by atoms with van der Waals surface area (Å²) in [6, 6.07) is 10.0. The predicted molar refractivity (Wildman–Crippen MR) is 48.2 cm³/mol. The monoisotopic (exact) mass is 209 g/mol. The molecule has 0 heterocycles. The maximum absolute atomic E-state index is 8.61. The zero-order chi connectivity index (χ0) is 8.27. The number of rotatable bonds is 1. The Balaban J connectivity index is 2.98. The summed E-state index contributed by atoms with van der Waals surface area (Å²) in [5, 5.41) is 8.61. The van der Waals surface area contributed by atoms with E-state index >= 15 is 0 Å². The molecule has 0 fully saturated rings. The van der Waals surface area contributed by atoms with E-state index < -0.39 is 0 Å². The van der Waals surface area contributed by atoms with E-state index in [1.54, 1.807) is 0 Å². The Kier molecular flexibility index (Phi) is 2.67. The summed E-state index contributed by atoms with van der Waals surface area (Å²) in [6.45, 7) is 1.89. The van der Waals surface area contributed by atoms with Crippen molar-refractivity contribution >= 4 is 15.9 Å². The van der Waals surface area contributed by atoms with Crippen LogP contribution in [0.4, 0.5) is 0 Å². The minimum Gasteiger partial charge on any atom is -0.198 e. The van der Waals surface area contributed by atoms with Crippen molar-refractivity contribution in [3.63, 3.8) is 0 Å². The van der Waals surface area contributed by atoms with Crippen molar-refractivity contribution in [3.8, 4) is 6.07 Å². The smallest absolute Gasteiger partial charge is 0.0700 e. The second-order valence-electron chi connectivity index (χ2n) is 2.41. The molecule has 0 spiro atoms. The average Bonchev–Trinajstić information content (AvgIpc) is 2.03. The first-order chi connectivity index (χ1) is 5.24. The fourth-order valence-electron chi connectivity index (χ4n) is 0.850. The number of benzene rings is 1. The highest BCUT2D eigenvalue weighted by Crippen LogP contribution is 2.18. The highest BCUT2D eigenvalue weighted by Gasteiger charge is 2.02. The van der Waals surface area contributed by atoms with Crippen molar-refractivity contribution in [2.75, 3.05) is 0 Å². The lowest BCUT2D eigenvalue weighted by atomic mass is 10.0. The van der Waals surface area contributed by atoms with E-state index in [2.05, 4.69) is 22.0 Å². The molecule has 1 rings (SSSR count). The molecule has 0 aliphatic rings. The summed E-state index contributed by atoms with van der Waals surface area (Å²) in [5.74, 6) is -0.0208. The van der Waals surface area contributed by atoms with Gasteiger partial charge in [0.05, 0.1) is 12.0 Å². The average molecular weight is 210 g/mol. The summed E-state index contributed by atoms with van der Waals surface area (Å²) >= 11 is 3.35. The van der Waals surface area contributed by atoms with Crippen LogP contribution < -0.4 is 0 Å². The number of hydrogen-bond acceptors (Lipinski definition) is 1. The van der Waals surface area contributed by atoms with E-state index in [-0.39, 0.29) is 5.92 Å². The van der Waals surface area contributed by atoms with E-state index in [1.807, 2.05) is 31.2 Å². The standard InChI is InChI=1S/C9H8BrN/c1-7(6-11)8-3-2-4-9(10)5-8/h2-5,7H,1H3/t7-/m0/s1. The number of nitriles is 1. The maximum atomic E-state index is 8.61. The summed E-state index contributed by atoms with van der Waals surface area (Å²) < 4.78 is 1.03. The van der Waals surface area contributed by atoms with Crippen LogP contribution in [0.1, 0.15) is 18.4 Å². The van der Waals surface area contributed by atoms with Crippen LogP contribution in [0.2, 0.25) is 0 Å². The molecule has 0 saturated heterocycles. The number of hydrogen-bond donors (Lipinski definition) is 0. The lowest BCUT2D eigenvalue weighted by molar-refractivity contribution is 0.980. The summed E-state index contributed by atoms with van der Waals surface area (Å²) in [7, 11) is 0. The van der Waals surface area contributed by atoms with E-state index in [0.29, 0.717) is 0 Å². The third-order valence-corrected chi connectivity index (χ3v) is 2.04. The van der Waals surface area contributed by atoms with Crippen molar-refractivity contribution in [1.82, 2.24) is 0 Å². The Morgan fingerprint density at radius 3 is 2.82 bits per heavy atom. The number of halogens is 1. The molecule has 0 radical (unpaired) electrons. The van der Waals surface area contributed by atoms with Crippen LogP contribution in [0.3, 0.4) is 0 Å². The molecule has 0 aromatic heterocycles. The first kappa shape index (κ1) is 8.29. The summed E-state index contributed by atoms with van der Waals surface area (Å²) in [6.07, 6.45) is 0. The highest BCUT2D eigenvalue weighted by molar-refractivity contribution is 9.10. The van der Waals surface area contributed by atoms with E-state index in [4.69, 9.17) is 5.26 Å². The van der Waals surface area contributed by atoms with Crippen molar-refractivity contribution in [2.24, 2.45) is 0 Å². The Labute approximate surface area is 74.8 Å². The molecule has 0 N–H and O–H groups in total. The van der Waals surface area contributed by atoms with Crippen LogP contribution >= 0.6 is 15.9 Å². The molecule has 1 aromatic rings. The largest absolute Gasteiger partial charge is 0.198 e. The molecule has 2 heteroatoms. The third-order valence-electron chi connectivity index (χ3n) is 1.54. The zero-order valence-corrected chi connectivity index (χ0v) is 7.80. The fraction of sp³-hybridized carbons (Fsp3) is 0.222. The van der Waals surface area contributed by atoms with Gasteiger partial charge >= 0.3 is 0 Å². The SMILES string of the molecule is C[C@@H](C#N)c1cccc(Br)c1. The van der Waals surface area contributed by atoms with Gasteiger partial charge in [0.25, 0.3) is 0 Å². The molecule has 1 atom stereocenters. The van der Waals surface area contributed by atoms with Gasteiger partial charge in [-0.15, -0.1) is 0 Å². The first-order valence-corrected chi connectivity index (χ1v) is 4.18. The van der Waals surface area contributed by atoms with Gasteiger partial charge in [-0.05, 0) is 24.6 Å². The topological polar surface area (TPSA) is 23.8 Å².